The van der Waals surface area contributed by atoms with E-state index in [1.54, 1.807) is 0 Å². The zero-order chi connectivity index (χ0) is 11.7. The van der Waals surface area contributed by atoms with Gasteiger partial charge in [0.1, 0.15) is 0 Å². The van der Waals surface area contributed by atoms with Gasteiger partial charge in [-0.1, -0.05) is 19.1 Å². The van der Waals surface area contributed by atoms with Gasteiger partial charge in [-0.05, 0) is 46.4 Å². The molecule has 86 valence electrons. The second kappa shape index (κ2) is 4.60. The summed E-state index contributed by atoms with van der Waals surface area (Å²) in [5, 5.41) is 1.27. The molecule has 1 atom stereocenters. The third kappa shape index (κ3) is 2.02. The molecule has 2 rings (SSSR count). The lowest BCUT2D eigenvalue weighted by molar-refractivity contribution is 0.690. The first-order valence-corrected chi connectivity index (χ1v) is 6.37. The predicted octanol–water partition coefficient (Wildman–Crippen LogP) is 3.39. The number of nitrogens with zero attached hydrogens (tertiary/aromatic N) is 1. The topological polar surface area (TPSA) is 30.9 Å². The summed E-state index contributed by atoms with van der Waals surface area (Å²) in [7, 11) is 2.07. The van der Waals surface area contributed by atoms with Crippen molar-refractivity contribution in [3.63, 3.8) is 0 Å². The molecule has 1 heterocycles. The lowest BCUT2D eigenvalue weighted by Gasteiger charge is -2.10. The Morgan fingerprint density at radius 2 is 2.19 bits per heavy atom. The summed E-state index contributed by atoms with van der Waals surface area (Å²) >= 11 is 3.57. The second-order valence-corrected chi connectivity index (χ2v) is 5.20. The Hall–Kier alpha value is -0.800. The molecule has 0 spiro atoms. The average molecular weight is 281 g/mol. The molecule has 1 aromatic carbocycles. The Kier molecular flexibility index (Phi) is 3.36. The zero-order valence-corrected chi connectivity index (χ0v) is 11.3. The van der Waals surface area contributed by atoms with Crippen molar-refractivity contribution in [2.45, 2.75) is 19.3 Å². The summed E-state index contributed by atoms with van der Waals surface area (Å²) < 4.78 is 3.31. The lowest BCUT2D eigenvalue weighted by atomic mass is 9.97. The molecule has 0 aliphatic carbocycles. The van der Waals surface area contributed by atoms with Gasteiger partial charge in [0.15, 0.2) is 0 Å². The average Bonchev–Trinajstić information content (AvgIpc) is 2.55. The molecule has 3 heteroatoms. The van der Waals surface area contributed by atoms with Crippen LogP contribution in [0.25, 0.3) is 10.9 Å². The number of fused-ring (bicyclic) bond motifs is 1. The summed E-state index contributed by atoms with van der Waals surface area (Å²) in [6, 6.07) is 6.65. The molecule has 0 saturated carbocycles. The molecule has 0 saturated heterocycles. The van der Waals surface area contributed by atoms with Crippen molar-refractivity contribution in [3.8, 4) is 0 Å². The first-order chi connectivity index (χ1) is 7.63. The summed E-state index contributed by atoms with van der Waals surface area (Å²) in [4.78, 5) is 0. The van der Waals surface area contributed by atoms with Gasteiger partial charge in [-0.15, -0.1) is 0 Å². The van der Waals surface area contributed by atoms with Gasteiger partial charge in [-0.25, -0.2) is 0 Å². The molecule has 0 aliphatic rings. The van der Waals surface area contributed by atoms with Crippen LogP contribution in [0.2, 0.25) is 0 Å². The molecule has 0 bridgehead atoms. The standard InChI is InChI=1S/C13H17BrN2/c1-9(5-6-15)10-3-4-11-12(14)8-16(2)13(11)7-10/h3-4,7-9H,5-6,15H2,1-2H3. The molecular weight excluding hydrogens is 264 g/mol. The maximum absolute atomic E-state index is 5.60. The van der Waals surface area contributed by atoms with Crippen molar-refractivity contribution in [2.24, 2.45) is 12.8 Å². The minimum atomic E-state index is 0.531. The number of aromatic nitrogens is 1. The molecule has 1 unspecified atom stereocenters. The quantitative estimate of drug-likeness (QED) is 0.918. The number of hydrogen-bond acceptors (Lipinski definition) is 1. The summed E-state index contributed by atoms with van der Waals surface area (Å²) in [5.74, 6) is 0.531. The molecule has 2 N–H and O–H groups in total. The van der Waals surface area contributed by atoms with Gasteiger partial charge >= 0.3 is 0 Å². The minimum Gasteiger partial charge on any atom is -0.349 e. The fourth-order valence-corrected chi connectivity index (χ4v) is 2.72. The number of nitrogens with two attached hydrogens (primary N) is 1. The van der Waals surface area contributed by atoms with E-state index in [9.17, 15) is 0 Å². The van der Waals surface area contributed by atoms with Gasteiger partial charge in [0, 0.05) is 28.6 Å². The summed E-state index contributed by atoms with van der Waals surface area (Å²) in [5.41, 5.74) is 8.24. The molecule has 0 radical (unpaired) electrons. The van der Waals surface area contributed by atoms with Crippen LogP contribution in [0.5, 0.6) is 0 Å². The van der Waals surface area contributed by atoms with E-state index in [1.807, 2.05) is 0 Å². The fourth-order valence-electron chi connectivity index (χ4n) is 2.07. The molecule has 1 aromatic heterocycles. The highest BCUT2D eigenvalue weighted by atomic mass is 79.9. The number of aryl methyl sites for hydroxylation is 1. The van der Waals surface area contributed by atoms with Crippen molar-refractivity contribution < 1.29 is 0 Å². The first kappa shape index (κ1) is 11.7. The summed E-state index contributed by atoms with van der Waals surface area (Å²) in [6.07, 6.45) is 3.14. The van der Waals surface area contributed by atoms with Crippen molar-refractivity contribution >= 4 is 26.8 Å². The third-order valence-electron chi connectivity index (χ3n) is 3.13. The Bertz CT molecular complexity index is 502. The van der Waals surface area contributed by atoms with E-state index in [0.29, 0.717) is 5.92 Å². The molecule has 0 aliphatic heterocycles. The normalized spacial score (nSPS) is 13.2. The second-order valence-electron chi connectivity index (χ2n) is 4.34. The smallest absolute Gasteiger partial charge is 0.0492 e. The molecule has 2 nitrogen and oxygen atoms in total. The highest BCUT2D eigenvalue weighted by Gasteiger charge is 2.08. The van der Waals surface area contributed by atoms with Crippen LogP contribution in [0.3, 0.4) is 0 Å². The van der Waals surface area contributed by atoms with Crippen LogP contribution >= 0.6 is 15.9 Å². The van der Waals surface area contributed by atoms with Gasteiger partial charge in [-0.2, -0.15) is 0 Å². The van der Waals surface area contributed by atoms with Crippen molar-refractivity contribution in [2.75, 3.05) is 6.54 Å². The predicted molar refractivity (Wildman–Crippen MR) is 72.7 cm³/mol. The lowest BCUT2D eigenvalue weighted by Crippen LogP contribution is -2.04. The highest BCUT2D eigenvalue weighted by molar-refractivity contribution is 9.10. The van der Waals surface area contributed by atoms with Gasteiger partial charge in [0.05, 0.1) is 0 Å². The highest BCUT2D eigenvalue weighted by Crippen LogP contribution is 2.29. The Balaban J connectivity index is 2.47. The molecular formula is C13H17BrN2. The van der Waals surface area contributed by atoms with Crippen LogP contribution in [-0.4, -0.2) is 11.1 Å². The van der Waals surface area contributed by atoms with E-state index in [0.717, 1.165) is 17.4 Å². The van der Waals surface area contributed by atoms with Gasteiger partial charge in [0.2, 0.25) is 0 Å². The Morgan fingerprint density at radius 3 is 2.88 bits per heavy atom. The number of halogens is 1. The van der Waals surface area contributed by atoms with E-state index >= 15 is 0 Å². The SMILES string of the molecule is CC(CCN)c1ccc2c(Br)cn(C)c2c1. The maximum Gasteiger partial charge on any atom is 0.0492 e. The van der Waals surface area contributed by atoms with E-state index < -0.39 is 0 Å². The molecule has 0 amide bonds. The van der Waals surface area contributed by atoms with Crippen molar-refractivity contribution in [1.29, 1.82) is 0 Å². The third-order valence-corrected chi connectivity index (χ3v) is 3.77. The van der Waals surface area contributed by atoms with Crippen LogP contribution in [0.15, 0.2) is 28.9 Å². The Labute approximate surface area is 105 Å². The number of rotatable bonds is 3. The van der Waals surface area contributed by atoms with Crippen LogP contribution in [0, 0.1) is 0 Å². The van der Waals surface area contributed by atoms with Crippen LogP contribution in [0.4, 0.5) is 0 Å². The van der Waals surface area contributed by atoms with Crippen molar-refractivity contribution in [3.05, 3.63) is 34.4 Å². The van der Waals surface area contributed by atoms with Crippen LogP contribution in [-0.2, 0) is 7.05 Å². The maximum atomic E-state index is 5.60. The Morgan fingerprint density at radius 1 is 1.44 bits per heavy atom. The fraction of sp³-hybridized carbons (Fsp3) is 0.385. The monoisotopic (exact) mass is 280 g/mol. The number of hydrogen-bond donors (Lipinski definition) is 1. The van der Waals surface area contributed by atoms with Crippen LogP contribution in [0.1, 0.15) is 24.8 Å². The van der Waals surface area contributed by atoms with Crippen molar-refractivity contribution in [1.82, 2.24) is 4.57 Å². The van der Waals surface area contributed by atoms with Gasteiger partial charge in [0.25, 0.3) is 0 Å². The minimum absolute atomic E-state index is 0.531. The summed E-state index contributed by atoms with van der Waals surface area (Å²) in [6.45, 7) is 2.97. The number of benzene rings is 1. The molecule has 2 aromatic rings. The van der Waals surface area contributed by atoms with E-state index in [-0.39, 0.29) is 0 Å². The zero-order valence-electron chi connectivity index (χ0n) is 9.70. The van der Waals surface area contributed by atoms with Gasteiger partial charge in [-0.3, -0.25) is 0 Å². The van der Waals surface area contributed by atoms with E-state index in [4.69, 9.17) is 5.73 Å². The van der Waals surface area contributed by atoms with Crippen LogP contribution < -0.4 is 5.73 Å². The molecule has 0 fully saturated rings. The largest absolute Gasteiger partial charge is 0.349 e. The van der Waals surface area contributed by atoms with E-state index in [2.05, 4.69) is 58.9 Å². The van der Waals surface area contributed by atoms with Gasteiger partial charge < -0.3 is 10.3 Å². The first-order valence-electron chi connectivity index (χ1n) is 5.58. The molecule has 16 heavy (non-hydrogen) atoms. The van der Waals surface area contributed by atoms with E-state index in [1.165, 1.54) is 16.5 Å².